The number of rotatable bonds is 6. The van der Waals surface area contributed by atoms with Crippen molar-refractivity contribution in [2.45, 2.75) is 57.9 Å². The van der Waals surface area contributed by atoms with Gasteiger partial charge in [-0.2, -0.15) is 0 Å². The van der Waals surface area contributed by atoms with Crippen molar-refractivity contribution < 1.29 is 0 Å². The fourth-order valence-electron chi connectivity index (χ4n) is 3.19. The molecule has 0 radical (unpaired) electrons. The highest BCUT2D eigenvalue weighted by Crippen LogP contribution is 2.29. The maximum Gasteiger partial charge on any atom is 0.00676 e. The van der Waals surface area contributed by atoms with E-state index in [0.29, 0.717) is 6.04 Å². The first-order valence-corrected chi connectivity index (χ1v) is 7.27. The molecule has 2 nitrogen and oxygen atoms in total. The van der Waals surface area contributed by atoms with Gasteiger partial charge in [-0.05, 0) is 57.0 Å². The van der Waals surface area contributed by atoms with E-state index in [4.69, 9.17) is 5.73 Å². The second-order valence-electron chi connectivity index (χ2n) is 5.83. The Labute approximate surface area is 101 Å². The summed E-state index contributed by atoms with van der Waals surface area (Å²) < 4.78 is 0. The zero-order chi connectivity index (χ0) is 11.4. The van der Waals surface area contributed by atoms with E-state index in [1.165, 1.54) is 64.6 Å². The van der Waals surface area contributed by atoms with Crippen LogP contribution < -0.4 is 5.73 Å². The third-order valence-electron chi connectivity index (χ3n) is 4.72. The summed E-state index contributed by atoms with van der Waals surface area (Å²) >= 11 is 0. The van der Waals surface area contributed by atoms with E-state index in [0.717, 1.165) is 11.8 Å². The highest BCUT2D eigenvalue weighted by Gasteiger charge is 2.25. The Balaban J connectivity index is 1.65. The Morgan fingerprint density at radius 1 is 1.12 bits per heavy atom. The molecule has 0 saturated heterocycles. The highest BCUT2D eigenvalue weighted by atomic mass is 15.1. The molecule has 94 valence electrons. The van der Waals surface area contributed by atoms with E-state index in [1.54, 1.807) is 0 Å². The van der Waals surface area contributed by atoms with Crippen molar-refractivity contribution in [2.75, 3.05) is 19.6 Å². The Morgan fingerprint density at radius 2 is 1.88 bits per heavy atom. The number of hydrogen-bond donors (Lipinski definition) is 1. The molecule has 2 aliphatic carbocycles. The van der Waals surface area contributed by atoms with Gasteiger partial charge in [0.1, 0.15) is 0 Å². The second kappa shape index (κ2) is 6.02. The number of hydrogen-bond acceptors (Lipinski definition) is 2. The fourth-order valence-corrected chi connectivity index (χ4v) is 3.19. The smallest absolute Gasteiger partial charge is 0.00676 e. The van der Waals surface area contributed by atoms with Crippen LogP contribution in [0.4, 0.5) is 0 Å². The summed E-state index contributed by atoms with van der Waals surface area (Å²) in [6.45, 7) is 6.15. The maximum absolute atomic E-state index is 6.13. The molecule has 2 unspecified atom stereocenters. The Hall–Kier alpha value is -0.0800. The van der Waals surface area contributed by atoms with Crippen molar-refractivity contribution in [2.24, 2.45) is 17.6 Å². The molecule has 0 aliphatic heterocycles. The Morgan fingerprint density at radius 3 is 2.38 bits per heavy atom. The molecule has 0 amide bonds. The summed E-state index contributed by atoms with van der Waals surface area (Å²) in [5, 5.41) is 0. The van der Waals surface area contributed by atoms with Crippen LogP contribution in [0.5, 0.6) is 0 Å². The third-order valence-corrected chi connectivity index (χ3v) is 4.72. The van der Waals surface area contributed by atoms with Gasteiger partial charge in [0.25, 0.3) is 0 Å². The molecule has 0 aromatic heterocycles. The minimum absolute atomic E-state index is 0.502. The van der Waals surface area contributed by atoms with Crippen LogP contribution in [0, 0.1) is 11.8 Å². The lowest BCUT2D eigenvalue weighted by atomic mass is 9.85. The fraction of sp³-hybridized carbons (Fsp3) is 1.00. The Bertz CT molecular complexity index is 201. The monoisotopic (exact) mass is 224 g/mol. The zero-order valence-electron chi connectivity index (χ0n) is 10.8. The average molecular weight is 224 g/mol. The summed E-state index contributed by atoms with van der Waals surface area (Å²) in [5.74, 6) is 1.83. The van der Waals surface area contributed by atoms with Gasteiger partial charge >= 0.3 is 0 Å². The topological polar surface area (TPSA) is 29.3 Å². The van der Waals surface area contributed by atoms with Crippen molar-refractivity contribution in [3.63, 3.8) is 0 Å². The zero-order valence-corrected chi connectivity index (χ0v) is 10.8. The summed E-state index contributed by atoms with van der Waals surface area (Å²) in [6, 6.07) is 0.502. The van der Waals surface area contributed by atoms with E-state index < -0.39 is 0 Å². The minimum atomic E-state index is 0.502. The van der Waals surface area contributed by atoms with Crippen LogP contribution in [0.2, 0.25) is 0 Å². The average Bonchev–Trinajstić information content (AvgIpc) is 2.62. The lowest BCUT2D eigenvalue weighted by Crippen LogP contribution is -2.35. The van der Waals surface area contributed by atoms with Crippen LogP contribution in [0.25, 0.3) is 0 Å². The Kier molecular flexibility index (Phi) is 4.66. The highest BCUT2D eigenvalue weighted by molar-refractivity contribution is 4.81. The summed E-state index contributed by atoms with van der Waals surface area (Å²) in [5.41, 5.74) is 6.13. The lowest BCUT2D eigenvalue weighted by molar-refractivity contribution is 0.174. The first kappa shape index (κ1) is 12.4. The molecule has 2 heteroatoms. The predicted octanol–water partition coefficient (Wildman–Crippen LogP) is 2.63. The number of nitrogens with zero attached hydrogens (tertiary/aromatic N) is 1. The van der Waals surface area contributed by atoms with E-state index in [2.05, 4.69) is 11.8 Å². The SMILES string of the molecule is CCN(CCC1CCCC1N)CC1CCC1. The molecule has 2 atom stereocenters. The first-order chi connectivity index (χ1) is 7.79. The summed E-state index contributed by atoms with van der Waals surface area (Å²) in [7, 11) is 0. The maximum atomic E-state index is 6.13. The van der Waals surface area contributed by atoms with Crippen LogP contribution in [-0.2, 0) is 0 Å². The van der Waals surface area contributed by atoms with E-state index in [9.17, 15) is 0 Å². The van der Waals surface area contributed by atoms with Crippen molar-refractivity contribution >= 4 is 0 Å². The van der Waals surface area contributed by atoms with Gasteiger partial charge < -0.3 is 10.6 Å². The van der Waals surface area contributed by atoms with Gasteiger partial charge in [0.05, 0.1) is 0 Å². The van der Waals surface area contributed by atoms with Crippen molar-refractivity contribution in [3.8, 4) is 0 Å². The van der Waals surface area contributed by atoms with Crippen LogP contribution in [0.3, 0.4) is 0 Å². The van der Waals surface area contributed by atoms with Gasteiger partial charge in [0, 0.05) is 12.6 Å². The van der Waals surface area contributed by atoms with Gasteiger partial charge in [0.15, 0.2) is 0 Å². The van der Waals surface area contributed by atoms with Crippen molar-refractivity contribution in [1.29, 1.82) is 0 Å². The molecular weight excluding hydrogens is 196 g/mol. The van der Waals surface area contributed by atoms with Gasteiger partial charge in [0.2, 0.25) is 0 Å². The molecule has 2 fully saturated rings. The summed E-state index contributed by atoms with van der Waals surface area (Å²) in [6.07, 6.45) is 9.75. The molecule has 2 N–H and O–H groups in total. The van der Waals surface area contributed by atoms with Gasteiger partial charge in [-0.3, -0.25) is 0 Å². The quantitative estimate of drug-likeness (QED) is 0.751. The van der Waals surface area contributed by atoms with Crippen LogP contribution in [0.1, 0.15) is 51.9 Å². The lowest BCUT2D eigenvalue weighted by Gasteiger charge is -2.32. The number of nitrogens with two attached hydrogens (primary N) is 1. The molecular formula is C14H28N2. The molecule has 0 heterocycles. The van der Waals surface area contributed by atoms with E-state index in [-0.39, 0.29) is 0 Å². The molecule has 2 rings (SSSR count). The van der Waals surface area contributed by atoms with E-state index >= 15 is 0 Å². The second-order valence-corrected chi connectivity index (χ2v) is 5.83. The third kappa shape index (κ3) is 3.21. The molecule has 0 spiro atoms. The largest absolute Gasteiger partial charge is 0.327 e. The van der Waals surface area contributed by atoms with Gasteiger partial charge in [-0.15, -0.1) is 0 Å². The first-order valence-electron chi connectivity index (χ1n) is 7.27. The van der Waals surface area contributed by atoms with Gasteiger partial charge in [-0.25, -0.2) is 0 Å². The molecule has 16 heavy (non-hydrogen) atoms. The van der Waals surface area contributed by atoms with Crippen LogP contribution >= 0.6 is 0 Å². The van der Waals surface area contributed by atoms with Crippen LogP contribution in [0.15, 0.2) is 0 Å². The van der Waals surface area contributed by atoms with Gasteiger partial charge in [-0.1, -0.05) is 19.8 Å². The van der Waals surface area contributed by atoms with E-state index in [1.807, 2.05) is 0 Å². The molecule has 2 aliphatic rings. The molecule has 0 aromatic rings. The predicted molar refractivity (Wildman–Crippen MR) is 69.4 cm³/mol. The van der Waals surface area contributed by atoms with Crippen molar-refractivity contribution in [1.82, 2.24) is 4.90 Å². The summed E-state index contributed by atoms with van der Waals surface area (Å²) in [4.78, 5) is 2.65. The minimum Gasteiger partial charge on any atom is -0.327 e. The van der Waals surface area contributed by atoms with Crippen molar-refractivity contribution in [3.05, 3.63) is 0 Å². The standard InChI is InChI=1S/C14H28N2/c1-2-16(11-12-5-3-6-12)10-9-13-7-4-8-14(13)15/h12-14H,2-11,15H2,1H3. The molecule has 2 saturated carbocycles. The molecule has 0 bridgehead atoms. The molecule has 0 aromatic carbocycles. The van der Waals surface area contributed by atoms with Crippen LogP contribution in [-0.4, -0.2) is 30.6 Å². The normalized spacial score (nSPS) is 30.9.